The summed E-state index contributed by atoms with van der Waals surface area (Å²) in [6.45, 7) is 0. The number of oxazole rings is 1. The van der Waals surface area contributed by atoms with Gasteiger partial charge in [-0.2, -0.15) is 10.2 Å². The predicted molar refractivity (Wildman–Crippen MR) is 135 cm³/mol. The lowest BCUT2D eigenvalue weighted by atomic mass is 10.1. The molecule has 6 rings (SSSR count). The largest absolute Gasteiger partial charge is 0.434 e. The molecule has 6 aromatic rings. The van der Waals surface area contributed by atoms with Crippen molar-refractivity contribution in [1.82, 2.24) is 19.9 Å². The minimum atomic E-state index is 0.476. The molecule has 0 saturated heterocycles. The highest BCUT2D eigenvalue weighted by atomic mass is 16.3. The molecule has 0 aliphatic rings. The summed E-state index contributed by atoms with van der Waals surface area (Å²) < 4.78 is 6.04. The van der Waals surface area contributed by atoms with Crippen LogP contribution in [0, 0.1) is 11.3 Å². The second-order valence-electron chi connectivity index (χ2n) is 7.83. The van der Waals surface area contributed by atoms with E-state index < -0.39 is 0 Å². The van der Waals surface area contributed by atoms with Gasteiger partial charge in [0, 0.05) is 52.7 Å². The molecule has 8 nitrogen and oxygen atoms in total. The minimum Gasteiger partial charge on any atom is -0.434 e. The number of nitriles is 1. The molecule has 2 N–H and O–H groups in total. The molecule has 0 radical (unpaired) electrons. The molecular formula is C27H17N7O. The number of hydrogen-bond acceptors (Lipinski definition) is 8. The van der Waals surface area contributed by atoms with E-state index in [0.717, 1.165) is 39.2 Å². The van der Waals surface area contributed by atoms with E-state index in [1.807, 2.05) is 60.7 Å². The van der Waals surface area contributed by atoms with Crippen molar-refractivity contribution in [3.05, 3.63) is 97.1 Å². The van der Waals surface area contributed by atoms with Crippen LogP contribution in [0.3, 0.4) is 0 Å². The smallest absolute Gasteiger partial charge is 0.228 e. The first-order valence-electron chi connectivity index (χ1n) is 10.9. The van der Waals surface area contributed by atoms with Crippen molar-refractivity contribution in [2.24, 2.45) is 0 Å². The van der Waals surface area contributed by atoms with E-state index >= 15 is 0 Å². The van der Waals surface area contributed by atoms with Crippen LogP contribution in [-0.2, 0) is 0 Å². The van der Waals surface area contributed by atoms with Gasteiger partial charge in [-0.3, -0.25) is 9.97 Å². The highest BCUT2D eigenvalue weighted by Crippen LogP contribution is 2.30. The van der Waals surface area contributed by atoms with E-state index in [1.165, 1.54) is 0 Å². The molecule has 4 heterocycles. The molecule has 2 aromatic carbocycles. The van der Waals surface area contributed by atoms with Crippen LogP contribution in [0.25, 0.3) is 33.6 Å². The van der Waals surface area contributed by atoms with Gasteiger partial charge in [0.2, 0.25) is 5.89 Å². The van der Waals surface area contributed by atoms with Crippen molar-refractivity contribution < 1.29 is 4.42 Å². The summed E-state index contributed by atoms with van der Waals surface area (Å²) in [5, 5.41) is 16.9. The van der Waals surface area contributed by atoms with Gasteiger partial charge < -0.3 is 15.1 Å². The zero-order valence-electron chi connectivity index (χ0n) is 18.3. The molecule has 0 fully saturated rings. The van der Waals surface area contributed by atoms with E-state index in [2.05, 4.69) is 36.6 Å². The molecule has 0 atom stereocenters. The van der Waals surface area contributed by atoms with E-state index in [0.29, 0.717) is 22.7 Å². The Morgan fingerprint density at radius 1 is 0.800 bits per heavy atom. The molecule has 166 valence electrons. The maximum atomic E-state index is 9.27. The van der Waals surface area contributed by atoms with Gasteiger partial charge in [0.1, 0.15) is 0 Å². The van der Waals surface area contributed by atoms with Crippen LogP contribution in [-0.4, -0.2) is 19.9 Å². The summed E-state index contributed by atoms with van der Waals surface area (Å²) in [7, 11) is 0. The lowest BCUT2D eigenvalue weighted by molar-refractivity contribution is 0.620. The molecule has 0 unspecified atom stereocenters. The molecular weight excluding hydrogens is 438 g/mol. The first-order valence-corrected chi connectivity index (χ1v) is 10.9. The van der Waals surface area contributed by atoms with Crippen LogP contribution in [0.4, 0.5) is 22.7 Å². The molecule has 0 aliphatic carbocycles. The van der Waals surface area contributed by atoms with E-state index in [1.54, 1.807) is 30.9 Å². The molecule has 0 saturated carbocycles. The van der Waals surface area contributed by atoms with E-state index in [9.17, 15) is 5.26 Å². The Kier molecular flexibility index (Phi) is 4.98. The van der Waals surface area contributed by atoms with Crippen molar-refractivity contribution in [3.8, 4) is 17.5 Å². The Labute approximate surface area is 199 Å². The number of nitrogens with one attached hydrogen (secondary N) is 2. The number of nitrogens with zero attached hydrogens (tertiary/aromatic N) is 5. The van der Waals surface area contributed by atoms with Gasteiger partial charge in [0.25, 0.3) is 0 Å². The van der Waals surface area contributed by atoms with Gasteiger partial charge in [-0.25, -0.2) is 4.98 Å². The lowest BCUT2D eigenvalue weighted by Gasteiger charge is -2.10. The number of rotatable bonds is 5. The highest BCUT2D eigenvalue weighted by molar-refractivity contribution is 5.94. The minimum absolute atomic E-state index is 0.476. The topological polar surface area (TPSA) is 113 Å². The Bertz CT molecular complexity index is 1720. The van der Waals surface area contributed by atoms with Gasteiger partial charge >= 0.3 is 0 Å². The second kappa shape index (κ2) is 8.57. The van der Waals surface area contributed by atoms with E-state index in [-0.39, 0.29) is 0 Å². The molecule has 35 heavy (non-hydrogen) atoms. The third-order valence-corrected chi connectivity index (χ3v) is 5.48. The Morgan fingerprint density at radius 3 is 2.60 bits per heavy atom. The van der Waals surface area contributed by atoms with Gasteiger partial charge in [-0.15, -0.1) is 0 Å². The fourth-order valence-corrected chi connectivity index (χ4v) is 3.82. The Balaban J connectivity index is 1.30. The number of pyridine rings is 3. The van der Waals surface area contributed by atoms with Gasteiger partial charge in [-0.1, -0.05) is 6.07 Å². The third kappa shape index (κ3) is 4.10. The maximum absolute atomic E-state index is 9.27. The van der Waals surface area contributed by atoms with Crippen molar-refractivity contribution >= 4 is 44.9 Å². The Hall–Kier alpha value is -5.29. The fraction of sp³-hybridized carbons (Fsp3) is 0. The Morgan fingerprint density at radius 2 is 1.71 bits per heavy atom. The summed E-state index contributed by atoms with van der Waals surface area (Å²) in [4.78, 5) is 17.4. The number of anilines is 4. The molecule has 8 heteroatoms. The summed E-state index contributed by atoms with van der Waals surface area (Å²) in [6, 6.07) is 22.9. The standard InChI is InChI=1S/C27H17N7O/c28-15-17-4-5-23-22(12-17)24(8-11-30-23)33-20-3-1-2-18(13-20)27-34-26-25(35-27)14-21(16-31-26)32-19-6-9-29-10-7-19/h1-14,16H,(H,29,32)(H,30,33). The normalized spacial score (nSPS) is 10.8. The zero-order valence-corrected chi connectivity index (χ0v) is 18.3. The van der Waals surface area contributed by atoms with Crippen molar-refractivity contribution in [2.45, 2.75) is 0 Å². The summed E-state index contributed by atoms with van der Waals surface area (Å²) in [5.41, 5.74) is 6.73. The number of hydrogen-bond donors (Lipinski definition) is 2. The summed E-state index contributed by atoms with van der Waals surface area (Å²) in [5.74, 6) is 0.476. The number of benzene rings is 2. The zero-order chi connectivity index (χ0) is 23.6. The van der Waals surface area contributed by atoms with Crippen LogP contribution in [0.15, 0.2) is 95.9 Å². The molecule has 0 aliphatic heterocycles. The van der Waals surface area contributed by atoms with Crippen LogP contribution >= 0.6 is 0 Å². The van der Waals surface area contributed by atoms with Gasteiger partial charge in [0.05, 0.1) is 29.0 Å². The predicted octanol–water partition coefficient (Wildman–Crippen LogP) is 6.19. The summed E-state index contributed by atoms with van der Waals surface area (Å²) in [6.07, 6.45) is 6.90. The SMILES string of the molecule is N#Cc1ccc2nccc(Nc3cccc(-c4nc5ncc(Nc6ccncc6)cc5o4)c3)c2c1. The lowest BCUT2D eigenvalue weighted by Crippen LogP contribution is -1.93. The second-order valence-corrected chi connectivity index (χ2v) is 7.83. The van der Waals surface area contributed by atoms with Crippen molar-refractivity contribution in [1.29, 1.82) is 5.26 Å². The highest BCUT2D eigenvalue weighted by Gasteiger charge is 2.12. The van der Waals surface area contributed by atoms with E-state index in [4.69, 9.17) is 4.42 Å². The monoisotopic (exact) mass is 455 g/mol. The number of aromatic nitrogens is 4. The maximum Gasteiger partial charge on any atom is 0.228 e. The van der Waals surface area contributed by atoms with Crippen molar-refractivity contribution in [3.63, 3.8) is 0 Å². The van der Waals surface area contributed by atoms with Crippen molar-refractivity contribution in [2.75, 3.05) is 10.6 Å². The fourth-order valence-electron chi connectivity index (χ4n) is 3.82. The van der Waals surface area contributed by atoms with Crippen LogP contribution < -0.4 is 10.6 Å². The molecule has 0 bridgehead atoms. The quantitative estimate of drug-likeness (QED) is 0.316. The third-order valence-electron chi connectivity index (χ3n) is 5.48. The van der Waals surface area contributed by atoms with Gasteiger partial charge in [0.15, 0.2) is 11.2 Å². The van der Waals surface area contributed by atoms with Gasteiger partial charge in [-0.05, 0) is 54.6 Å². The number of fused-ring (bicyclic) bond motifs is 2. The average Bonchev–Trinajstić information content (AvgIpc) is 3.33. The molecule has 0 spiro atoms. The van der Waals surface area contributed by atoms with Crippen LogP contribution in [0.1, 0.15) is 5.56 Å². The first-order chi connectivity index (χ1) is 17.2. The summed E-state index contributed by atoms with van der Waals surface area (Å²) >= 11 is 0. The first kappa shape index (κ1) is 20.3. The average molecular weight is 455 g/mol. The van der Waals surface area contributed by atoms with Crippen LogP contribution in [0.2, 0.25) is 0 Å². The van der Waals surface area contributed by atoms with Crippen LogP contribution in [0.5, 0.6) is 0 Å². The molecule has 4 aromatic heterocycles. The molecule has 0 amide bonds.